The Labute approximate surface area is 173 Å². The maximum atomic E-state index is 10.1. The lowest BCUT2D eigenvalue weighted by Crippen LogP contribution is -2.50. The topological polar surface area (TPSA) is 60.4 Å². The van der Waals surface area contributed by atoms with Gasteiger partial charge in [0.2, 0.25) is 0 Å². The number of aliphatic hydroxyl groups excluding tert-OH is 1. The Balaban J connectivity index is 0.000000567. The van der Waals surface area contributed by atoms with Crippen molar-refractivity contribution in [3.05, 3.63) is 35.9 Å². The minimum Gasteiger partial charge on any atom is -0.547 e. The molecule has 0 radical (unpaired) electrons. The molecule has 1 N–H and O–H groups in total. The smallest absolute Gasteiger partial charge is 0.118 e. The minimum absolute atomic E-state index is 0.340. The molecule has 0 fully saturated rings. The molecule has 0 bridgehead atoms. The molecule has 0 aliphatic heterocycles. The first-order valence-corrected chi connectivity index (χ1v) is 11.2. The third-order valence-corrected chi connectivity index (χ3v) is 5.28. The van der Waals surface area contributed by atoms with E-state index < -0.39 is 12.1 Å². The molecule has 162 valence electrons. The van der Waals surface area contributed by atoms with Gasteiger partial charge in [0.1, 0.15) is 6.10 Å². The molecule has 1 aromatic carbocycles. The lowest BCUT2D eigenvalue weighted by molar-refractivity contribution is -0.929. The summed E-state index contributed by atoms with van der Waals surface area (Å²) in [6, 6.07) is 8.11. The first-order chi connectivity index (χ1) is 13.5. The predicted octanol–water partition coefficient (Wildman–Crippen LogP) is 4.47. The molecule has 0 spiro atoms. The van der Waals surface area contributed by atoms with Crippen LogP contribution in [-0.2, 0) is 4.79 Å². The predicted molar refractivity (Wildman–Crippen MR) is 116 cm³/mol. The monoisotopic (exact) mass is 393 g/mol. The molecule has 1 atom stereocenters. The fraction of sp³-hybridized carbons (Fsp3) is 0.708. The van der Waals surface area contributed by atoms with Crippen LogP contribution in [0.4, 0.5) is 0 Å². The Morgan fingerprint density at radius 3 is 1.46 bits per heavy atom. The average molecular weight is 394 g/mol. The van der Waals surface area contributed by atoms with E-state index in [1.54, 1.807) is 18.2 Å². The standard InChI is InChI=1S/C16H36N.C8H8O3/c1-5-9-13-17(14-10-6-2,15-11-7-3)16-12-8-4;9-7(8(10)11)6-4-2-1-3-5-6/h5-16H2,1-4H3;1-5,7,9H,(H,10,11)/q+1;/p-1. The number of carboxylic acids is 1. The summed E-state index contributed by atoms with van der Waals surface area (Å²) in [7, 11) is 0. The first-order valence-electron chi connectivity index (χ1n) is 11.2. The molecule has 0 amide bonds. The molecule has 0 aliphatic carbocycles. The van der Waals surface area contributed by atoms with Crippen LogP contribution in [0.15, 0.2) is 30.3 Å². The van der Waals surface area contributed by atoms with Crippen molar-refractivity contribution in [3.63, 3.8) is 0 Å². The van der Waals surface area contributed by atoms with Crippen molar-refractivity contribution in [2.75, 3.05) is 26.2 Å². The van der Waals surface area contributed by atoms with Gasteiger partial charge in [-0.3, -0.25) is 0 Å². The number of carboxylic acid groups (broad SMARTS) is 1. The van der Waals surface area contributed by atoms with E-state index in [1.165, 1.54) is 94.2 Å². The maximum Gasteiger partial charge on any atom is 0.118 e. The third kappa shape index (κ3) is 11.5. The van der Waals surface area contributed by atoms with E-state index in [2.05, 4.69) is 27.7 Å². The van der Waals surface area contributed by atoms with Gasteiger partial charge in [-0.15, -0.1) is 0 Å². The number of benzene rings is 1. The molecule has 1 aromatic rings. The zero-order valence-corrected chi connectivity index (χ0v) is 18.7. The molecule has 28 heavy (non-hydrogen) atoms. The number of carbonyl (C=O) groups excluding carboxylic acids is 1. The van der Waals surface area contributed by atoms with Gasteiger partial charge in [0.05, 0.1) is 32.1 Å². The van der Waals surface area contributed by atoms with Crippen LogP contribution in [0, 0.1) is 0 Å². The summed E-state index contributed by atoms with van der Waals surface area (Å²) in [5.74, 6) is -1.48. The normalized spacial score (nSPS) is 12.2. The Bertz CT molecular complexity index is 452. The van der Waals surface area contributed by atoms with E-state index in [9.17, 15) is 9.90 Å². The summed E-state index contributed by atoms with van der Waals surface area (Å²) in [5.41, 5.74) is 0.340. The molecular formula is C24H43NO3. The van der Waals surface area contributed by atoms with Crippen LogP contribution in [0.5, 0.6) is 0 Å². The number of carbonyl (C=O) groups is 1. The average Bonchev–Trinajstić information content (AvgIpc) is 2.73. The van der Waals surface area contributed by atoms with Crippen LogP contribution >= 0.6 is 0 Å². The summed E-state index contributed by atoms with van der Waals surface area (Å²) < 4.78 is 1.42. The summed E-state index contributed by atoms with van der Waals surface area (Å²) in [6.07, 6.45) is 9.54. The minimum atomic E-state index is -1.52. The van der Waals surface area contributed by atoms with E-state index in [0.29, 0.717) is 5.56 Å². The van der Waals surface area contributed by atoms with E-state index in [0.717, 1.165) is 0 Å². The molecule has 1 rings (SSSR count). The highest BCUT2D eigenvalue weighted by Gasteiger charge is 2.24. The quantitative estimate of drug-likeness (QED) is 0.474. The lowest BCUT2D eigenvalue weighted by atomic mass is 10.1. The van der Waals surface area contributed by atoms with Gasteiger partial charge in [-0.05, 0) is 31.2 Å². The van der Waals surface area contributed by atoms with Crippen molar-refractivity contribution in [1.82, 2.24) is 0 Å². The Kier molecular flexibility index (Phi) is 15.7. The molecule has 0 aliphatic rings. The van der Waals surface area contributed by atoms with Gasteiger partial charge in [0, 0.05) is 0 Å². The first kappa shape index (κ1) is 26.6. The van der Waals surface area contributed by atoms with Crippen molar-refractivity contribution in [3.8, 4) is 0 Å². The highest BCUT2D eigenvalue weighted by atomic mass is 16.4. The Morgan fingerprint density at radius 2 is 1.18 bits per heavy atom. The molecule has 0 aromatic heterocycles. The number of aliphatic carboxylic acids is 1. The second-order valence-electron chi connectivity index (χ2n) is 7.78. The van der Waals surface area contributed by atoms with Crippen LogP contribution in [0.2, 0.25) is 0 Å². The van der Waals surface area contributed by atoms with E-state index in [1.807, 2.05) is 0 Å². The molecular weight excluding hydrogens is 350 g/mol. The molecule has 0 heterocycles. The highest BCUT2D eigenvalue weighted by molar-refractivity contribution is 5.71. The highest BCUT2D eigenvalue weighted by Crippen LogP contribution is 2.16. The number of unbranched alkanes of at least 4 members (excludes halogenated alkanes) is 4. The van der Waals surface area contributed by atoms with Gasteiger partial charge in [-0.25, -0.2) is 0 Å². The fourth-order valence-corrected chi connectivity index (χ4v) is 3.42. The molecule has 0 saturated carbocycles. The Morgan fingerprint density at radius 1 is 0.821 bits per heavy atom. The lowest BCUT2D eigenvalue weighted by Gasteiger charge is -2.39. The van der Waals surface area contributed by atoms with Crippen LogP contribution in [0.3, 0.4) is 0 Å². The number of hydrogen-bond donors (Lipinski definition) is 1. The van der Waals surface area contributed by atoms with Crippen LogP contribution < -0.4 is 5.11 Å². The number of aliphatic hydroxyl groups is 1. The molecule has 4 heteroatoms. The second-order valence-corrected chi connectivity index (χ2v) is 7.78. The van der Waals surface area contributed by atoms with Crippen molar-refractivity contribution in [2.45, 2.75) is 85.2 Å². The van der Waals surface area contributed by atoms with Gasteiger partial charge in [0.15, 0.2) is 0 Å². The summed E-state index contributed by atoms with van der Waals surface area (Å²) in [5, 5.41) is 19.1. The summed E-state index contributed by atoms with van der Waals surface area (Å²) >= 11 is 0. The van der Waals surface area contributed by atoms with Crippen molar-refractivity contribution in [2.24, 2.45) is 0 Å². The van der Waals surface area contributed by atoms with Crippen LogP contribution in [0.1, 0.15) is 90.7 Å². The fourth-order valence-electron chi connectivity index (χ4n) is 3.42. The van der Waals surface area contributed by atoms with Crippen LogP contribution in [0.25, 0.3) is 0 Å². The van der Waals surface area contributed by atoms with Gasteiger partial charge in [-0.2, -0.15) is 0 Å². The number of rotatable bonds is 14. The van der Waals surface area contributed by atoms with E-state index in [4.69, 9.17) is 5.11 Å². The summed E-state index contributed by atoms with van der Waals surface area (Å²) in [4.78, 5) is 10.1. The molecule has 4 nitrogen and oxygen atoms in total. The maximum absolute atomic E-state index is 10.1. The van der Waals surface area contributed by atoms with Crippen LogP contribution in [-0.4, -0.2) is 41.7 Å². The molecule has 0 saturated heterocycles. The van der Waals surface area contributed by atoms with Gasteiger partial charge >= 0.3 is 0 Å². The second kappa shape index (κ2) is 16.6. The third-order valence-electron chi connectivity index (χ3n) is 5.28. The van der Waals surface area contributed by atoms with Gasteiger partial charge in [0.25, 0.3) is 0 Å². The number of quaternary nitrogens is 1. The van der Waals surface area contributed by atoms with E-state index in [-0.39, 0.29) is 0 Å². The van der Waals surface area contributed by atoms with Gasteiger partial charge < -0.3 is 19.5 Å². The van der Waals surface area contributed by atoms with Gasteiger partial charge in [-0.1, -0.05) is 83.7 Å². The van der Waals surface area contributed by atoms with Crippen molar-refractivity contribution < 1.29 is 19.5 Å². The number of hydrogen-bond acceptors (Lipinski definition) is 3. The van der Waals surface area contributed by atoms with E-state index >= 15 is 0 Å². The van der Waals surface area contributed by atoms with Crippen molar-refractivity contribution in [1.29, 1.82) is 0 Å². The largest absolute Gasteiger partial charge is 0.547 e. The number of nitrogens with zero attached hydrogens (tertiary/aromatic N) is 1. The zero-order valence-electron chi connectivity index (χ0n) is 18.7. The Hall–Kier alpha value is -1.39. The molecule has 1 unspecified atom stereocenters. The SMILES string of the molecule is CCCC[N+](CCCC)(CCCC)CCCC.O=C([O-])C(O)c1ccccc1. The zero-order chi connectivity index (χ0) is 21.3. The van der Waals surface area contributed by atoms with Crippen molar-refractivity contribution >= 4 is 5.97 Å². The summed E-state index contributed by atoms with van der Waals surface area (Å²) in [6.45, 7) is 15.0.